The zero-order valence-corrected chi connectivity index (χ0v) is 11.7. The Labute approximate surface area is 113 Å². The minimum Gasteiger partial charge on any atom is -0.307 e. The normalized spacial score (nSPS) is 22.5. The van der Waals surface area contributed by atoms with E-state index in [1.807, 2.05) is 13.0 Å². The van der Waals surface area contributed by atoms with Crippen LogP contribution in [-0.4, -0.2) is 20.2 Å². The van der Waals surface area contributed by atoms with Gasteiger partial charge in [-0.2, -0.15) is 0 Å². The van der Waals surface area contributed by atoms with Crippen molar-refractivity contribution in [3.63, 3.8) is 0 Å². The number of fused-ring (bicyclic) bond motifs is 1. The molecule has 3 nitrogen and oxygen atoms in total. The predicted octanol–water partition coefficient (Wildman–Crippen LogP) is 2.60. The van der Waals surface area contributed by atoms with Crippen LogP contribution in [0.2, 0.25) is 0 Å². The van der Waals surface area contributed by atoms with Gasteiger partial charge in [0.15, 0.2) is 9.84 Å². The smallest absolute Gasteiger partial charge is 0.178 e. The van der Waals surface area contributed by atoms with Gasteiger partial charge in [0.1, 0.15) is 5.82 Å². The van der Waals surface area contributed by atoms with Crippen molar-refractivity contribution in [1.29, 1.82) is 0 Å². The Balaban J connectivity index is 2.35. The summed E-state index contributed by atoms with van der Waals surface area (Å²) < 4.78 is 37.3. The van der Waals surface area contributed by atoms with Crippen LogP contribution in [0, 0.1) is 5.82 Å². The highest BCUT2D eigenvalue weighted by molar-refractivity contribution is 7.91. The summed E-state index contributed by atoms with van der Waals surface area (Å²) >= 11 is 0. The van der Waals surface area contributed by atoms with Gasteiger partial charge in [-0.05, 0) is 43.5 Å². The number of rotatable bonds is 4. The fraction of sp³-hybridized carbons (Fsp3) is 0.429. The molecule has 0 radical (unpaired) electrons. The second-order valence-electron chi connectivity index (χ2n) is 4.93. The van der Waals surface area contributed by atoms with Gasteiger partial charge in [0.25, 0.3) is 0 Å². The van der Waals surface area contributed by atoms with E-state index >= 15 is 0 Å². The van der Waals surface area contributed by atoms with Gasteiger partial charge < -0.3 is 5.32 Å². The summed E-state index contributed by atoms with van der Waals surface area (Å²) in [5.74, 6) is -0.302. The molecule has 0 amide bonds. The first-order chi connectivity index (χ1) is 8.94. The molecular weight excluding hydrogens is 265 g/mol. The molecular formula is C14H18FNO2S. The van der Waals surface area contributed by atoms with Gasteiger partial charge >= 0.3 is 0 Å². The van der Waals surface area contributed by atoms with E-state index in [0.29, 0.717) is 12.0 Å². The lowest BCUT2D eigenvalue weighted by molar-refractivity contribution is 0.432. The van der Waals surface area contributed by atoms with Gasteiger partial charge in [0.2, 0.25) is 0 Å². The van der Waals surface area contributed by atoms with Crippen LogP contribution in [-0.2, 0) is 9.84 Å². The van der Waals surface area contributed by atoms with Gasteiger partial charge in [-0.3, -0.25) is 0 Å². The zero-order valence-electron chi connectivity index (χ0n) is 10.9. The Morgan fingerprint density at radius 3 is 3.00 bits per heavy atom. The highest BCUT2D eigenvalue weighted by atomic mass is 32.2. The van der Waals surface area contributed by atoms with E-state index in [2.05, 4.69) is 11.9 Å². The van der Waals surface area contributed by atoms with E-state index < -0.39 is 15.7 Å². The largest absolute Gasteiger partial charge is 0.307 e. The molecule has 2 atom stereocenters. The van der Waals surface area contributed by atoms with E-state index in [9.17, 15) is 12.8 Å². The second-order valence-corrected chi connectivity index (χ2v) is 7.01. The van der Waals surface area contributed by atoms with E-state index in [1.54, 1.807) is 0 Å². The van der Waals surface area contributed by atoms with Crippen molar-refractivity contribution >= 4 is 9.84 Å². The molecule has 0 bridgehead atoms. The SMILES string of the molecule is C=CCC(C)NC1CCS(=O)(=O)c2ccc(F)cc21. The van der Waals surface area contributed by atoms with Gasteiger partial charge in [0, 0.05) is 12.1 Å². The van der Waals surface area contributed by atoms with Crippen LogP contribution in [0.15, 0.2) is 35.7 Å². The van der Waals surface area contributed by atoms with Crippen molar-refractivity contribution in [1.82, 2.24) is 5.32 Å². The third kappa shape index (κ3) is 3.04. The average molecular weight is 283 g/mol. The monoisotopic (exact) mass is 283 g/mol. The maximum atomic E-state index is 13.4. The first kappa shape index (κ1) is 14.2. The average Bonchev–Trinajstić information content (AvgIpc) is 2.33. The number of nitrogens with one attached hydrogen (secondary N) is 1. The number of hydrogen-bond donors (Lipinski definition) is 1. The maximum Gasteiger partial charge on any atom is 0.178 e. The summed E-state index contributed by atoms with van der Waals surface area (Å²) in [5.41, 5.74) is 0.544. The quantitative estimate of drug-likeness (QED) is 0.682. The van der Waals surface area contributed by atoms with Crippen molar-refractivity contribution in [2.45, 2.75) is 36.7 Å². The van der Waals surface area contributed by atoms with Crippen molar-refractivity contribution in [2.24, 2.45) is 0 Å². The van der Waals surface area contributed by atoms with Crippen LogP contribution >= 0.6 is 0 Å². The fourth-order valence-electron chi connectivity index (χ4n) is 2.45. The molecule has 1 aliphatic heterocycles. The molecule has 104 valence electrons. The zero-order chi connectivity index (χ0) is 14.0. The molecule has 0 spiro atoms. The summed E-state index contributed by atoms with van der Waals surface area (Å²) in [5, 5.41) is 3.34. The maximum absolute atomic E-state index is 13.4. The molecule has 2 unspecified atom stereocenters. The molecule has 1 aromatic rings. The second kappa shape index (κ2) is 5.43. The van der Waals surface area contributed by atoms with Gasteiger partial charge in [-0.15, -0.1) is 6.58 Å². The van der Waals surface area contributed by atoms with Gasteiger partial charge in [-0.25, -0.2) is 12.8 Å². The molecule has 19 heavy (non-hydrogen) atoms. The summed E-state index contributed by atoms with van der Waals surface area (Å²) in [6.45, 7) is 5.68. The molecule has 1 aromatic carbocycles. The van der Waals surface area contributed by atoms with Crippen LogP contribution in [0.4, 0.5) is 4.39 Å². The van der Waals surface area contributed by atoms with Gasteiger partial charge in [-0.1, -0.05) is 6.08 Å². The highest BCUT2D eigenvalue weighted by Gasteiger charge is 2.30. The third-order valence-corrected chi connectivity index (χ3v) is 5.18. The molecule has 0 saturated heterocycles. The van der Waals surface area contributed by atoms with Crippen molar-refractivity contribution in [2.75, 3.05) is 5.75 Å². The number of hydrogen-bond acceptors (Lipinski definition) is 3. The van der Waals surface area contributed by atoms with Crippen LogP contribution in [0.25, 0.3) is 0 Å². The topological polar surface area (TPSA) is 46.2 Å². The van der Waals surface area contributed by atoms with Crippen LogP contribution in [0.1, 0.15) is 31.4 Å². The Bertz CT molecular complexity index is 583. The Morgan fingerprint density at radius 1 is 1.58 bits per heavy atom. The predicted molar refractivity (Wildman–Crippen MR) is 73.2 cm³/mol. The van der Waals surface area contributed by atoms with E-state index in [1.165, 1.54) is 18.2 Å². The number of sulfone groups is 1. The van der Waals surface area contributed by atoms with E-state index in [-0.39, 0.29) is 22.7 Å². The first-order valence-electron chi connectivity index (χ1n) is 6.33. The molecule has 1 heterocycles. The number of benzene rings is 1. The molecule has 0 fully saturated rings. The fourth-order valence-corrected chi connectivity index (χ4v) is 4.05. The van der Waals surface area contributed by atoms with Gasteiger partial charge in [0.05, 0.1) is 10.6 Å². The lowest BCUT2D eigenvalue weighted by atomic mass is 10.0. The molecule has 2 rings (SSSR count). The molecule has 5 heteroatoms. The lowest BCUT2D eigenvalue weighted by Gasteiger charge is -2.28. The molecule has 0 aromatic heterocycles. The summed E-state index contributed by atoms with van der Waals surface area (Å²) in [7, 11) is -3.27. The molecule has 0 saturated carbocycles. The Morgan fingerprint density at radius 2 is 2.32 bits per heavy atom. The van der Waals surface area contributed by atoms with Crippen LogP contribution in [0.5, 0.6) is 0 Å². The third-order valence-electron chi connectivity index (χ3n) is 3.36. The first-order valence-corrected chi connectivity index (χ1v) is 7.98. The number of halogens is 1. The lowest BCUT2D eigenvalue weighted by Crippen LogP contribution is -2.35. The minimum atomic E-state index is -3.27. The molecule has 1 aliphatic rings. The minimum absolute atomic E-state index is 0.101. The Kier molecular flexibility index (Phi) is 4.06. The highest BCUT2D eigenvalue weighted by Crippen LogP contribution is 2.33. The van der Waals surface area contributed by atoms with E-state index in [4.69, 9.17) is 0 Å². The van der Waals surface area contributed by atoms with Crippen molar-refractivity contribution in [3.8, 4) is 0 Å². The summed E-state index contributed by atoms with van der Waals surface area (Å²) in [6, 6.07) is 3.95. The Hall–Kier alpha value is -1.20. The molecule has 0 aliphatic carbocycles. The van der Waals surface area contributed by atoms with Crippen molar-refractivity contribution in [3.05, 3.63) is 42.2 Å². The van der Waals surface area contributed by atoms with Crippen LogP contribution < -0.4 is 5.32 Å². The standard InChI is InChI=1S/C14H18FNO2S/c1-3-4-10(2)16-13-7-8-19(17,18)14-6-5-11(15)9-12(13)14/h3,5-6,9-10,13,16H,1,4,7-8H2,2H3. The molecule has 1 N–H and O–H groups in total. The van der Waals surface area contributed by atoms with Crippen LogP contribution in [0.3, 0.4) is 0 Å². The van der Waals surface area contributed by atoms with Crippen molar-refractivity contribution < 1.29 is 12.8 Å². The van der Waals surface area contributed by atoms with E-state index in [0.717, 1.165) is 6.42 Å². The summed E-state index contributed by atoms with van der Waals surface area (Å²) in [4.78, 5) is 0.253. The summed E-state index contributed by atoms with van der Waals surface area (Å²) in [6.07, 6.45) is 3.07.